The van der Waals surface area contributed by atoms with Crippen molar-refractivity contribution in [2.75, 3.05) is 39.8 Å². The summed E-state index contributed by atoms with van der Waals surface area (Å²) in [7, 11) is 1.70. The average molecular weight is 404 g/mol. The molecular formula is C19H31Cl2N3O2. The molecule has 2 aliphatic heterocycles. The number of carbonyl (C=O) groups is 1. The Hall–Kier alpha value is -1.01. The van der Waals surface area contributed by atoms with Gasteiger partial charge in [-0.15, -0.1) is 24.8 Å². The van der Waals surface area contributed by atoms with E-state index in [1.165, 1.54) is 12.0 Å². The van der Waals surface area contributed by atoms with Crippen molar-refractivity contribution < 1.29 is 9.53 Å². The van der Waals surface area contributed by atoms with Gasteiger partial charge >= 0.3 is 0 Å². The largest absolute Gasteiger partial charge is 0.497 e. The molecule has 0 aromatic heterocycles. The van der Waals surface area contributed by atoms with E-state index in [2.05, 4.69) is 29.3 Å². The van der Waals surface area contributed by atoms with E-state index in [4.69, 9.17) is 4.74 Å². The zero-order chi connectivity index (χ0) is 16.9. The van der Waals surface area contributed by atoms with Crippen LogP contribution in [0.25, 0.3) is 0 Å². The molecule has 1 aromatic carbocycles. The number of hydrogen-bond acceptors (Lipinski definition) is 4. The summed E-state index contributed by atoms with van der Waals surface area (Å²) in [6.45, 7) is 6.82. The zero-order valence-electron chi connectivity index (χ0n) is 15.6. The maximum atomic E-state index is 12.4. The van der Waals surface area contributed by atoms with Crippen molar-refractivity contribution >= 4 is 30.7 Å². The Morgan fingerprint density at radius 1 is 1.27 bits per heavy atom. The van der Waals surface area contributed by atoms with Crippen LogP contribution in [-0.2, 0) is 4.79 Å². The lowest BCUT2D eigenvalue weighted by atomic mass is 10.1. The van der Waals surface area contributed by atoms with Crippen LogP contribution in [0.5, 0.6) is 5.75 Å². The standard InChI is InChI=1S/C19H29N3O2.2ClH/c1-15(16-5-3-7-18(13-16)24-2)21-9-11-22(12-10-21)19(23)14-17-6-4-8-20-17;;/h3,5,7,13,15,17,20H,4,6,8-12,14H2,1-2H3;2*1H. The molecule has 0 radical (unpaired) electrons. The number of piperazine rings is 1. The smallest absolute Gasteiger partial charge is 0.224 e. The maximum absolute atomic E-state index is 12.4. The van der Waals surface area contributed by atoms with Gasteiger partial charge < -0.3 is 15.0 Å². The third-order valence-electron chi connectivity index (χ3n) is 5.37. The Morgan fingerprint density at radius 3 is 2.62 bits per heavy atom. The monoisotopic (exact) mass is 403 g/mol. The molecule has 2 aliphatic rings. The van der Waals surface area contributed by atoms with Crippen molar-refractivity contribution in [3.05, 3.63) is 29.8 Å². The lowest BCUT2D eigenvalue weighted by molar-refractivity contribution is -0.133. The van der Waals surface area contributed by atoms with E-state index < -0.39 is 0 Å². The predicted molar refractivity (Wildman–Crippen MR) is 110 cm³/mol. The number of nitrogens with one attached hydrogen (secondary N) is 1. The Labute approximate surface area is 169 Å². The normalized spacial score (nSPS) is 21.5. The van der Waals surface area contributed by atoms with Gasteiger partial charge in [0.05, 0.1) is 7.11 Å². The predicted octanol–water partition coefficient (Wildman–Crippen LogP) is 2.89. The van der Waals surface area contributed by atoms with Crippen molar-refractivity contribution in [1.82, 2.24) is 15.1 Å². The average Bonchev–Trinajstić information content (AvgIpc) is 3.14. The topological polar surface area (TPSA) is 44.8 Å². The quantitative estimate of drug-likeness (QED) is 0.820. The second kappa shape index (κ2) is 11.0. The van der Waals surface area contributed by atoms with Crippen LogP contribution < -0.4 is 10.1 Å². The molecule has 2 heterocycles. The Morgan fingerprint density at radius 2 is 2.00 bits per heavy atom. The molecule has 0 bridgehead atoms. The molecule has 26 heavy (non-hydrogen) atoms. The second-order valence-corrected chi connectivity index (χ2v) is 6.87. The van der Waals surface area contributed by atoms with Gasteiger partial charge in [-0.25, -0.2) is 0 Å². The van der Waals surface area contributed by atoms with Crippen molar-refractivity contribution in [3.63, 3.8) is 0 Å². The van der Waals surface area contributed by atoms with Crippen molar-refractivity contribution in [1.29, 1.82) is 0 Å². The molecule has 0 spiro atoms. The summed E-state index contributed by atoms with van der Waals surface area (Å²) in [6, 6.07) is 9.01. The molecule has 1 N–H and O–H groups in total. The molecule has 2 saturated heterocycles. The van der Waals surface area contributed by atoms with Crippen molar-refractivity contribution in [2.24, 2.45) is 0 Å². The van der Waals surface area contributed by atoms with Crippen LogP contribution >= 0.6 is 24.8 Å². The molecular weight excluding hydrogens is 373 g/mol. The fraction of sp³-hybridized carbons (Fsp3) is 0.632. The number of methoxy groups -OCH3 is 1. The summed E-state index contributed by atoms with van der Waals surface area (Å²) in [5.41, 5.74) is 1.27. The van der Waals surface area contributed by atoms with E-state index in [-0.39, 0.29) is 24.8 Å². The lowest BCUT2D eigenvalue weighted by Gasteiger charge is -2.38. The minimum absolute atomic E-state index is 0. The van der Waals surface area contributed by atoms with E-state index in [0.29, 0.717) is 24.4 Å². The number of benzene rings is 1. The summed E-state index contributed by atoms with van der Waals surface area (Å²) in [6.07, 6.45) is 2.99. The van der Waals surface area contributed by atoms with Crippen LogP contribution in [0.4, 0.5) is 0 Å². The van der Waals surface area contributed by atoms with Crippen LogP contribution in [0.3, 0.4) is 0 Å². The minimum Gasteiger partial charge on any atom is -0.497 e. The molecule has 1 aromatic rings. The molecule has 2 atom stereocenters. The molecule has 2 fully saturated rings. The van der Waals surface area contributed by atoms with Gasteiger partial charge in [0.2, 0.25) is 5.91 Å². The van der Waals surface area contributed by atoms with Crippen LogP contribution in [0, 0.1) is 0 Å². The second-order valence-electron chi connectivity index (χ2n) is 6.87. The van der Waals surface area contributed by atoms with Gasteiger partial charge in [-0.05, 0) is 44.0 Å². The molecule has 7 heteroatoms. The number of hydrogen-bond donors (Lipinski definition) is 1. The van der Waals surface area contributed by atoms with Crippen molar-refractivity contribution in [3.8, 4) is 5.75 Å². The summed E-state index contributed by atoms with van der Waals surface area (Å²) >= 11 is 0. The van der Waals surface area contributed by atoms with Crippen LogP contribution in [0.1, 0.15) is 37.8 Å². The highest BCUT2D eigenvalue weighted by atomic mass is 35.5. The summed E-state index contributed by atoms with van der Waals surface area (Å²) in [4.78, 5) is 16.9. The highest BCUT2D eigenvalue weighted by Gasteiger charge is 2.27. The first-order valence-corrected chi connectivity index (χ1v) is 9.06. The van der Waals surface area contributed by atoms with Crippen LogP contribution in [-0.4, -0.2) is 61.6 Å². The van der Waals surface area contributed by atoms with Crippen LogP contribution in [0.15, 0.2) is 24.3 Å². The maximum Gasteiger partial charge on any atom is 0.224 e. The van der Waals surface area contributed by atoms with Gasteiger partial charge in [-0.1, -0.05) is 12.1 Å². The third-order valence-corrected chi connectivity index (χ3v) is 5.37. The van der Waals surface area contributed by atoms with E-state index in [1.54, 1.807) is 7.11 Å². The Bertz CT molecular complexity index is 559. The number of rotatable bonds is 5. The Kier molecular flexibility index (Phi) is 9.72. The fourth-order valence-electron chi connectivity index (χ4n) is 3.74. The third kappa shape index (κ3) is 5.74. The molecule has 2 unspecified atom stereocenters. The SMILES string of the molecule is COc1cccc(C(C)N2CCN(C(=O)CC3CCCN3)CC2)c1.Cl.Cl. The van der Waals surface area contributed by atoms with E-state index >= 15 is 0 Å². The van der Waals surface area contributed by atoms with E-state index in [1.807, 2.05) is 17.0 Å². The van der Waals surface area contributed by atoms with Gasteiger partial charge in [-0.3, -0.25) is 9.69 Å². The zero-order valence-corrected chi connectivity index (χ0v) is 17.3. The molecule has 3 rings (SSSR count). The summed E-state index contributed by atoms with van der Waals surface area (Å²) in [5.74, 6) is 1.21. The lowest BCUT2D eigenvalue weighted by Crippen LogP contribution is -2.50. The summed E-state index contributed by atoms with van der Waals surface area (Å²) in [5, 5.41) is 3.42. The number of ether oxygens (including phenoxy) is 1. The molecule has 0 aliphatic carbocycles. The highest BCUT2D eigenvalue weighted by Crippen LogP contribution is 2.25. The Balaban J connectivity index is 0.00000169. The van der Waals surface area contributed by atoms with Gasteiger partial charge in [0, 0.05) is 44.7 Å². The molecule has 1 amide bonds. The van der Waals surface area contributed by atoms with E-state index in [9.17, 15) is 4.79 Å². The highest BCUT2D eigenvalue weighted by molar-refractivity contribution is 5.85. The summed E-state index contributed by atoms with van der Waals surface area (Å²) < 4.78 is 5.33. The molecule has 148 valence electrons. The first kappa shape index (κ1) is 23.0. The number of nitrogens with zero attached hydrogens (tertiary/aromatic N) is 2. The fourth-order valence-corrected chi connectivity index (χ4v) is 3.74. The van der Waals surface area contributed by atoms with Gasteiger partial charge in [0.25, 0.3) is 0 Å². The first-order chi connectivity index (χ1) is 11.7. The van der Waals surface area contributed by atoms with Gasteiger partial charge in [-0.2, -0.15) is 0 Å². The van der Waals surface area contributed by atoms with Gasteiger partial charge in [0.15, 0.2) is 0 Å². The first-order valence-electron chi connectivity index (χ1n) is 9.06. The number of carbonyl (C=O) groups excluding carboxylic acids is 1. The number of amides is 1. The van der Waals surface area contributed by atoms with Crippen LogP contribution in [0.2, 0.25) is 0 Å². The number of halogens is 2. The van der Waals surface area contributed by atoms with E-state index in [0.717, 1.165) is 44.9 Å². The molecule has 0 saturated carbocycles. The van der Waals surface area contributed by atoms with Gasteiger partial charge in [0.1, 0.15) is 5.75 Å². The molecule has 5 nitrogen and oxygen atoms in total. The minimum atomic E-state index is 0. The van der Waals surface area contributed by atoms with Crippen molar-refractivity contribution in [2.45, 2.75) is 38.3 Å².